The van der Waals surface area contributed by atoms with Gasteiger partial charge in [-0.3, -0.25) is 14.9 Å². The van der Waals surface area contributed by atoms with E-state index in [1.165, 1.54) is 28.0 Å². The molecule has 0 unspecified atom stereocenters. The summed E-state index contributed by atoms with van der Waals surface area (Å²) in [6.07, 6.45) is 0. The molecule has 2 heterocycles. The zero-order valence-corrected chi connectivity index (χ0v) is 11.8. The molecule has 2 rings (SSSR count). The van der Waals surface area contributed by atoms with Crippen LogP contribution in [0.1, 0.15) is 24.8 Å². The van der Waals surface area contributed by atoms with E-state index in [-0.39, 0.29) is 18.4 Å². The molecular formula is C10H14N4O2S2. The Bertz CT molecular complexity index is 460. The highest BCUT2D eigenvalue weighted by atomic mass is 32.2. The summed E-state index contributed by atoms with van der Waals surface area (Å²) in [4.78, 5) is 24.6. The van der Waals surface area contributed by atoms with Crippen LogP contribution in [0, 0.1) is 0 Å². The molecule has 98 valence electrons. The van der Waals surface area contributed by atoms with Gasteiger partial charge in [0.15, 0.2) is 0 Å². The molecule has 0 spiro atoms. The van der Waals surface area contributed by atoms with Gasteiger partial charge in [0.1, 0.15) is 11.6 Å². The summed E-state index contributed by atoms with van der Waals surface area (Å²) in [6.45, 7) is 4.13. The standard InChI is InChI=1S/C10H14N4O2S2/c1-6(2)9-12-13-10(18-9)11-7(15)3-14-5-17-4-8(14)16/h6H,3-5H2,1-2H3,(H,11,13,15). The topological polar surface area (TPSA) is 75.2 Å². The summed E-state index contributed by atoms with van der Waals surface area (Å²) in [5.74, 6) is 1.13. The minimum Gasteiger partial charge on any atom is -0.323 e. The van der Waals surface area contributed by atoms with Crippen LogP contribution in [0.25, 0.3) is 0 Å². The maximum absolute atomic E-state index is 11.7. The largest absolute Gasteiger partial charge is 0.323 e. The molecule has 6 nitrogen and oxygen atoms in total. The predicted octanol–water partition coefficient (Wildman–Crippen LogP) is 1.13. The molecular weight excluding hydrogens is 272 g/mol. The van der Waals surface area contributed by atoms with Crippen LogP contribution in [0.3, 0.4) is 0 Å². The fraction of sp³-hybridized carbons (Fsp3) is 0.600. The molecule has 1 saturated heterocycles. The summed E-state index contributed by atoms with van der Waals surface area (Å²) < 4.78 is 0. The van der Waals surface area contributed by atoms with Gasteiger partial charge in [0, 0.05) is 5.92 Å². The van der Waals surface area contributed by atoms with E-state index < -0.39 is 0 Å². The zero-order chi connectivity index (χ0) is 13.1. The number of hydrogen-bond donors (Lipinski definition) is 1. The van der Waals surface area contributed by atoms with E-state index in [9.17, 15) is 9.59 Å². The van der Waals surface area contributed by atoms with Gasteiger partial charge in [0.25, 0.3) is 0 Å². The maximum Gasteiger partial charge on any atom is 0.245 e. The van der Waals surface area contributed by atoms with Crippen molar-refractivity contribution in [2.75, 3.05) is 23.5 Å². The van der Waals surface area contributed by atoms with Gasteiger partial charge in [0.2, 0.25) is 16.9 Å². The summed E-state index contributed by atoms with van der Waals surface area (Å²) in [5, 5.41) is 11.9. The van der Waals surface area contributed by atoms with Crippen molar-refractivity contribution in [3.05, 3.63) is 5.01 Å². The van der Waals surface area contributed by atoms with Gasteiger partial charge in [-0.2, -0.15) is 0 Å². The van der Waals surface area contributed by atoms with Crippen LogP contribution in [0.5, 0.6) is 0 Å². The zero-order valence-electron chi connectivity index (χ0n) is 10.2. The van der Waals surface area contributed by atoms with E-state index >= 15 is 0 Å². The number of nitrogens with one attached hydrogen (secondary N) is 1. The molecule has 0 atom stereocenters. The van der Waals surface area contributed by atoms with Crippen LogP contribution in [0.15, 0.2) is 0 Å². The Morgan fingerprint density at radius 1 is 1.50 bits per heavy atom. The molecule has 0 bridgehead atoms. The molecule has 0 aromatic carbocycles. The molecule has 0 radical (unpaired) electrons. The number of rotatable bonds is 4. The molecule has 0 aliphatic carbocycles. The van der Waals surface area contributed by atoms with Crippen LogP contribution >= 0.6 is 23.1 Å². The van der Waals surface area contributed by atoms with E-state index in [0.29, 0.717) is 22.7 Å². The number of nitrogens with zero attached hydrogens (tertiary/aromatic N) is 3. The van der Waals surface area contributed by atoms with Crippen LogP contribution in [-0.4, -0.2) is 45.1 Å². The van der Waals surface area contributed by atoms with Crippen molar-refractivity contribution in [3.8, 4) is 0 Å². The van der Waals surface area contributed by atoms with E-state index in [1.54, 1.807) is 0 Å². The van der Waals surface area contributed by atoms with Crippen molar-refractivity contribution in [2.24, 2.45) is 0 Å². The average Bonchev–Trinajstić information content (AvgIpc) is 2.89. The summed E-state index contributed by atoms with van der Waals surface area (Å²) in [5.41, 5.74) is 0. The normalized spacial score (nSPS) is 15.5. The molecule has 18 heavy (non-hydrogen) atoms. The van der Waals surface area contributed by atoms with Gasteiger partial charge < -0.3 is 4.90 Å². The molecule has 1 aliphatic rings. The first-order valence-electron chi connectivity index (χ1n) is 5.55. The lowest BCUT2D eigenvalue weighted by Gasteiger charge is -2.12. The van der Waals surface area contributed by atoms with E-state index in [1.807, 2.05) is 13.8 Å². The van der Waals surface area contributed by atoms with Gasteiger partial charge in [-0.1, -0.05) is 25.2 Å². The van der Waals surface area contributed by atoms with Crippen molar-refractivity contribution in [2.45, 2.75) is 19.8 Å². The number of thioether (sulfide) groups is 1. The van der Waals surface area contributed by atoms with Crippen LogP contribution < -0.4 is 5.32 Å². The van der Waals surface area contributed by atoms with Crippen LogP contribution in [-0.2, 0) is 9.59 Å². The number of carbonyl (C=O) groups excluding carboxylic acids is 2. The van der Waals surface area contributed by atoms with E-state index in [0.717, 1.165) is 5.01 Å². The summed E-state index contributed by atoms with van der Waals surface area (Å²) in [7, 11) is 0. The Morgan fingerprint density at radius 2 is 2.28 bits per heavy atom. The predicted molar refractivity (Wildman–Crippen MR) is 71.7 cm³/mol. The molecule has 1 aromatic heterocycles. The third-order valence-corrected chi connectivity index (χ3v) is 4.43. The molecule has 8 heteroatoms. The quantitative estimate of drug-likeness (QED) is 0.898. The van der Waals surface area contributed by atoms with Gasteiger partial charge in [-0.15, -0.1) is 22.0 Å². The molecule has 1 aliphatic heterocycles. The number of carbonyl (C=O) groups is 2. The second kappa shape index (κ2) is 5.66. The monoisotopic (exact) mass is 286 g/mol. The smallest absolute Gasteiger partial charge is 0.245 e. The molecule has 2 amide bonds. The van der Waals surface area contributed by atoms with Gasteiger partial charge in [0.05, 0.1) is 11.6 Å². The Morgan fingerprint density at radius 3 is 2.83 bits per heavy atom. The number of aromatic nitrogens is 2. The van der Waals surface area contributed by atoms with E-state index in [2.05, 4.69) is 15.5 Å². The number of hydrogen-bond acceptors (Lipinski definition) is 6. The second-order valence-corrected chi connectivity index (χ2v) is 6.18. The minimum atomic E-state index is -0.225. The number of amides is 2. The first kappa shape index (κ1) is 13.3. The SMILES string of the molecule is CC(C)c1nnc(NC(=O)CN2CSCC2=O)s1. The highest BCUT2D eigenvalue weighted by Gasteiger charge is 2.23. The first-order chi connectivity index (χ1) is 8.56. The maximum atomic E-state index is 11.7. The fourth-order valence-electron chi connectivity index (χ4n) is 1.39. The van der Waals surface area contributed by atoms with Crippen molar-refractivity contribution in [1.29, 1.82) is 0 Å². The van der Waals surface area contributed by atoms with Crippen molar-refractivity contribution >= 4 is 40.0 Å². The highest BCUT2D eigenvalue weighted by molar-refractivity contribution is 8.00. The second-order valence-electron chi connectivity index (χ2n) is 4.22. The van der Waals surface area contributed by atoms with Gasteiger partial charge in [-0.25, -0.2) is 0 Å². The minimum absolute atomic E-state index is 0.00952. The highest BCUT2D eigenvalue weighted by Crippen LogP contribution is 2.22. The molecule has 0 saturated carbocycles. The fourth-order valence-corrected chi connectivity index (χ4v) is 3.06. The third-order valence-electron chi connectivity index (χ3n) is 2.34. The lowest BCUT2D eigenvalue weighted by molar-refractivity contribution is -0.130. The lowest BCUT2D eigenvalue weighted by Crippen LogP contribution is -2.34. The van der Waals surface area contributed by atoms with Gasteiger partial charge >= 0.3 is 0 Å². The number of anilines is 1. The third kappa shape index (κ3) is 3.20. The lowest BCUT2D eigenvalue weighted by atomic mass is 10.2. The van der Waals surface area contributed by atoms with Crippen LogP contribution in [0.4, 0.5) is 5.13 Å². The molecule has 1 fully saturated rings. The molecule has 1 aromatic rings. The van der Waals surface area contributed by atoms with Crippen molar-refractivity contribution < 1.29 is 9.59 Å². The average molecular weight is 286 g/mol. The van der Waals surface area contributed by atoms with Crippen LogP contribution in [0.2, 0.25) is 0 Å². The summed E-state index contributed by atoms with van der Waals surface area (Å²) in [6, 6.07) is 0. The Labute approximate surface area is 113 Å². The van der Waals surface area contributed by atoms with Crippen molar-refractivity contribution in [1.82, 2.24) is 15.1 Å². The molecule has 1 N–H and O–H groups in total. The first-order valence-corrected chi connectivity index (χ1v) is 7.52. The van der Waals surface area contributed by atoms with Gasteiger partial charge in [-0.05, 0) is 0 Å². The Balaban J connectivity index is 1.88. The van der Waals surface area contributed by atoms with E-state index in [4.69, 9.17) is 0 Å². The summed E-state index contributed by atoms with van der Waals surface area (Å²) >= 11 is 2.88. The Hall–Kier alpha value is -1.15. The Kier molecular flexibility index (Phi) is 4.18. The van der Waals surface area contributed by atoms with Crippen molar-refractivity contribution in [3.63, 3.8) is 0 Å².